The first kappa shape index (κ1) is 13.9. The highest BCUT2D eigenvalue weighted by molar-refractivity contribution is 5.97. The zero-order chi connectivity index (χ0) is 14.5. The van der Waals surface area contributed by atoms with Gasteiger partial charge in [-0.05, 0) is 18.2 Å². The molecule has 1 N–H and O–H groups in total. The van der Waals surface area contributed by atoms with Gasteiger partial charge in [0.15, 0.2) is 6.61 Å². The Kier molecular flexibility index (Phi) is 4.20. The molecule has 1 heterocycles. The van der Waals surface area contributed by atoms with E-state index in [0.29, 0.717) is 17.0 Å². The van der Waals surface area contributed by atoms with Gasteiger partial charge in [-0.1, -0.05) is 12.1 Å². The second-order valence-corrected chi connectivity index (χ2v) is 4.45. The molecule has 1 amide bonds. The molecule has 0 bridgehead atoms. The van der Waals surface area contributed by atoms with Crippen LogP contribution in [0.1, 0.15) is 17.3 Å². The lowest BCUT2D eigenvalue weighted by Crippen LogP contribution is -2.13. The zero-order valence-corrected chi connectivity index (χ0v) is 11.4. The van der Waals surface area contributed by atoms with Gasteiger partial charge in [-0.2, -0.15) is 0 Å². The zero-order valence-electron chi connectivity index (χ0n) is 11.4. The van der Waals surface area contributed by atoms with Gasteiger partial charge < -0.3 is 14.6 Å². The first-order valence-corrected chi connectivity index (χ1v) is 6.21. The number of amides is 1. The molecule has 0 saturated heterocycles. The molecule has 2 rings (SSSR count). The lowest BCUT2D eigenvalue weighted by Gasteiger charge is -2.10. The van der Waals surface area contributed by atoms with Gasteiger partial charge >= 0.3 is 0 Å². The number of ketones is 1. The predicted octanol–water partition coefficient (Wildman–Crippen LogP) is 2.25. The summed E-state index contributed by atoms with van der Waals surface area (Å²) in [6, 6.07) is 8.75. The average Bonchev–Trinajstić information content (AvgIpc) is 2.83. The summed E-state index contributed by atoms with van der Waals surface area (Å²) in [5.74, 6) is 0.186. The number of benzene rings is 1. The van der Waals surface area contributed by atoms with Crippen LogP contribution >= 0.6 is 0 Å². The van der Waals surface area contributed by atoms with Crippen molar-refractivity contribution >= 4 is 17.4 Å². The molecule has 0 unspecified atom stereocenters. The summed E-state index contributed by atoms with van der Waals surface area (Å²) in [6.45, 7) is 1.35. The number of Topliss-reactive ketones (excluding diaryl/α,β-unsaturated/α-hetero) is 1. The van der Waals surface area contributed by atoms with Crippen LogP contribution in [0.5, 0.6) is 5.75 Å². The Morgan fingerprint density at radius 2 is 2.00 bits per heavy atom. The van der Waals surface area contributed by atoms with E-state index in [0.717, 1.165) is 0 Å². The number of anilines is 1. The maximum atomic E-state index is 11.9. The first-order chi connectivity index (χ1) is 9.56. The molecule has 0 aliphatic rings. The highest BCUT2D eigenvalue weighted by Gasteiger charge is 2.10. The van der Waals surface area contributed by atoms with Gasteiger partial charge in [0.25, 0.3) is 0 Å². The number of aromatic nitrogens is 1. The Labute approximate surface area is 117 Å². The average molecular weight is 272 g/mol. The van der Waals surface area contributed by atoms with Gasteiger partial charge in [0.05, 0.1) is 5.69 Å². The fourth-order valence-corrected chi connectivity index (χ4v) is 1.78. The van der Waals surface area contributed by atoms with Gasteiger partial charge in [-0.3, -0.25) is 9.59 Å². The van der Waals surface area contributed by atoms with Crippen molar-refractivity contribution in [3.63, 3.8) is 0 Å². The number of hydrogen-bond acceptors (Lipinski definition) is 3. The van der Waals surface area contributed by atoms with Gasteiger partial charge in [-0.25, -0.2) is 0 Å². The third kappa shape index (κ3) is 3.47. The molecule has 1 aromatic carbocycles. The minimum atomic E-state index is -0.185. The molecule has 1 aromatic heterocycles. The standard InChI is InChI=1S/C15H16N2O3/c1-11(18)16-13-5-3-4-6-15(13)20-10-14(19)12-7-8-17(2)9-12/h3-9H,10H2,1-2H3,(H,16,18). The van der Waals surface area contributed by atoms with Gasteiger partial charge in [0, 0.05) is 31.9 Å². The number of aryl methyl sites for hydroxylation is 1. The minimum Gasteiger partial charge on any atom is -0.483 e. The Morgan fingerprint density at radius 3 is 2.65 bits per heavy atom. The third-order valence-electron chi connectivity index (χ3n) is 2.71. The summed E-state index contributed by atoms with van der Waals surface area (Å²) in [4.78, 5) is 23.0. The number of carbonyl (C=O) groups excluding carboxylic acids is 2. The lowest BCUT2D eigenvalue weighted by molar-refractivity contribution is -0.114. The van der Waals surface area contributed by atoms with Crippen molar-refractivity contribution < 1.29 is 14.3 Å². The first-order valence-electron chi connectivity index (χ1n) is 6.21. The van der Waals surface area contributed by atoms with Crippen molar-refractivity contribution in [2.24, 2.45) is 7.05 Å². The fraction of sp³-hybridized carbons (Fsp3) is 0.200. The summed E-state index contributed by atoms with van der Waals surface area (Å²) >= 11 is 0. The summed E-state index contributed by atoms with van der Waals surface area (Å²) in [5, 5.41) is 2.66. The van der Waals surface area contributed by atoms with E-state index in [1.807, 2.05) is 7.05 Å². The number of carbonyl (C=O) groups is 2. The van der Waals surface area contributed by atoms with Crippen molar-refractivity contribution in [3.05, 3.63) is 48.3 Å². The molecule has 104 valence electrons. The van der Waals surface area contributed by atoms with E-state index in [2.05, 4.69) is 5.32 Å². The monoisotopic (exact) mass is 272 g/mol. The molecule has 0 saturated carbocycles. The van der Waals surface area contributed by atoms with Crippen LogP contribution in [0.2, 0.25) is 0 Å². The summed E-state index contributed by atoms with van der Waals surface area (Å²) in [7, 11) is 1.85. The van der Waals surface area contributed by atoms with Gasteiger partial charge in [-0.15, -0.1) is 0 Å². The van der Waals surface area contributed by atoms with E-state index < -0.39 is 0 Å². The number of hydrogen-bond donors (Lipinski definition) is 1. The second-order valence-electron chi connectivity index (χ2n) is 4.45. The van der Waals surface area contributed by atoms with Crippen LogP contribution in [0.3, 0.4) is 0 Å². The molecule has 0 spiro atoms. The fourth-order valence-electron chi connectivity index (χ4n) is 1.78. The van der Waals surface area contributed by atoms with Crippen LogP contribution < -0.4 is 10.1 Å². The molecule has 20 heavy (non-hydrogen) atoms. The number of nitrogens with zero attached hydrogens (tertiary/aromatic N) is 1. The molecule has 0 atom stereocenters. The number of nitrogens with one attached hydrogen (secondary N) is 1. The molecular weight excluding hydrogens is 256 g/mol. The molecule has 0 aliphatic heterocycles. The number of ether oxygens (including phenoxy) is 1. The third-order valence-corrected chi connectivity index (χ3v) is 2.71. The van der Waals surface area contributed by atoms with Crippen molar-refractivity contribution in [2.75, 3.05) is 11.9 Å². The van der Waals surface area contributed by atoms with E-state index in [-0.39, 0.29) is 18.3 Å². The molecule has 5 heteroatoms. The normalized spacial score (nSPS) is 10.1. The predicted molar refractivity (Wildman–Crippen MR) is 76.0 cm³/mol. The maximum Gasteiger partial charge on any atom is 0.221 e. The van der Waals surface area contributed by atoms with Crippen LogP contribution in [0.4, 0.5) is 5.69 Å². The van der Waals surface area contributed by atoms with E-state index in [1.54, 1.807) is 47.3 Å². The van der Waals surface area contributed by atoms with Crippen molar-refractivity contribution in [2.45, 2.75) is 6.92 Å². The van der Waals surface area contributed by atoms with Crippen molar-refractivity contribution in [1.29, 1.82) is 0 Å². The Balaban J connectivity index is 2.03. The molecule has 0 fully saturated rings. The van der Waals surface area contributed by atoms with Gasteiger partial charge in [0.1, 0.15) is 5.75 Å². The lowest BCUT2D eigenvalue weighted by atomic mass is 10.2. The van der Waals surface area contributed by atoms with Crippen LogP contribution in [-0.2, 0) is 11.8 Å². The molecule has 0 radical (unpaired) electrons. The van der Waals surface area contributed by atoms with Crippen molar-refractivity contribution in [3.8, 4) is 5.75 Å². The maximum absolute atomic E-state index is 11.9. The number of rotatable bonds is 5. The Morgan fingerprint density at radius 1 is 1.25 bits per heavy atom. The van der Waals surface area contributed by atoms with Crippen LogP contribution in [0.25, 0.3) is 0 Å². The molecule has 0 aliphatic carbocycles. The number of para-hydroxylation sites is 2. The highest BCUT2D eigenvalue weighted by atomic mass is 16.5. The Bertz CT molecular complexity index is 632. The van der Waals surface area contributed by atoms with Gasteiger partial charge in [0.2, 0.25) is 11.7 Å². The SMILES string of the molecule is CC(=O)Nc1ccccc1OCC(=O)c1ccn(C)c1. The molecule has 5 nitrogen and oxygen atoms in total. The highest BCUT2D eigenvalue weighted by Crippen LogP contribution is 2.23. The topological polar surface area (TPSA) is 60.3 Å². The van der Waals surface area contributed by atoms with E-state index >= 15 is 0 Å². The van der Waals surface area contributed by atoms with E-state index in [9.17, 15) is 9.59 Å². The smallest absolute Gasteiger partial charge is 0.221 e. The van der Waals surface area contributed by atoms with Crippen LogP contribution in [0.15, 0.2) is 42.7 Å². The largest absolute Gasteiger partial charge is 0.483 e. The van der Waals surface area contributed by atoms with E-state index in [4.69, 9.17) is 4.74 Å². The minimum absolute atomic E-state index is 0.0688. The van der Waals surface area contributed by atoms with Crippen LogP contribution in [0, 0.1) is 0 Å². The second kappa shape index (κ2) is 6.06. The van der Waals surface area contributed by atoms with E-state index in [1.165, 1.54) is 6.92 Å². The molecular formula is C15H16N2O3. The molecule has 2 aromatic rings. The van der Waals surface area contributed by atoms with Crippen LogP contribution in [-0.4, -0.2) is 22.9 Å². The quantitative estimate of drug-likeness (QED) is 0.849. The summed E-state index contributed by atoms with van der Waals surface area (Å²) in [6.07, 6.45) is 3.55. The Hall–Kier alpha value is -2.56. The van der Waals surface area contributed by atoms with Crippen molar-refractivity contribution in [1.82, 2.24) is 4.57 Å². The summed E-state index contributed by atoms with van der Waals surface area (Å²) < 4.78 is 7.29. The summed E-state index contributed by atoms with van der Waals surface area (Å²) in [5.41, 5.74) is 1.16.